The van der Waals surface area contributed by atoms with E-state index in [-0.39, 0.29) is 5.56 Å². The zero-order valence-corrected chi connectivity index (χ0v) is 14.3. The first kappa shape index (κ1) is 16.4. The summed E-state index contributed by atoms with van der Waals surface area (Å²) in [5.74, 6) is -0.0683. The number of hydrogen-bond acceptors (Lipinski definition) is 4. The van der Waals surface area contributed by atoms with Gasteiger partial charge in [0.2, 0.25) is 0 Å². The number of benzene rings is 3. The van der Waals surface area contributed by atoms with Crippen molar-refractivity contribution in [2.75, 3.05) is 0 Å². The molecule has 0 saturated heterocycles. The molecule has 0 saturated carbocycles. The second-order valence-electron chi connectivity index (χ2n) is 5.85. The lowest BCUT2D eigenvalue weighted by molar-refractivity contribution is 0.0731. The molecule has 0 atom stereocenters. The first-order chi connectivity index (χ1) is 12.6. The van der Waals surface area contributed by atoms with Crippen LogP contribution in [-0.4, -0.2) is 5.97 Å². The molecule has 3 aromatic carbocycles. The zero-order valence-electron chi connectivity index (χ0n) is 13.6. The standard InChI is InChI=1S/C21H13ClO4/c22-12-13-5-8-19-16(9-13)11-18(21(24)26-19)20(23)25-17-7-6-14-3-1-2-4-15(14)10-17/h1-11H,12H2. The number of alkyl halides is 1. The third-order valence-corrected chi connectivity index (χ3v) is 4.41. The van der Waals surface area contributed by atoms with Gasteiger partial charge in [0.1, 0.15) is 16.9 Å². The van der Waals surface area contributed by atoms with Crippen LogP contribution in [0.4, 0.5) is 0 Å². The van der Waals surface area contributed by atoms with E-state index in [0.29, 0.717) is 22.6 Å². The Balaban J connectivity index is 1.70. The van der Waals surface area contributed by atoms with Crippen molar-refractivity contribution in [1.82, 2.24) is 0 Å². The van der Waals surface area contributed by atoms with Gasteiger partial charge >= 0.3 is 11.6 Å². The number of rotatable bonds is 3. The van der Waals surface area contributed by atoms with E-state index in [1.165, 1.54) is 6.07 Å². The highest BCUT2D eigenvalue weighted by molar-refractivity contribution is 6.17. The Bertz CT molecular complexity index is 1190. The topological polar surface area (TPSA) is 56.5 Å². The molecule has 5 heteroatoms. The largest absolute Gasteiger partial charge is 0.423 e. The lowest BCUT2D eigenvalue weighted by Crippen LogP contribution is -2.18. The first-order valence-electron chi connectivity index (χ1n) is 7.98. The lowest BCUT2D eigenvalue weighted by atomic mass is 10.1. The number of hydrogen-bond donors (Lipinski definition) is 0. The molecule has 0 aliphatic heterocycles. The Morgan fingerprint density at radius 1 is 0.923 bits per heavy atom. The van der Waals surface area contributed by atoms with Gasteiger partial charge < -0.3 is 9.15 Å². The number of carbonyl (C=O) groups is 1. The van der Waals surface area contributed by atoms with Crippen molar-refractivity contribution in [3.05, 3.63) is 88.3 Å². The van der Waals surface area contributed by atoms with E-state index in [9.17, 15) is 9.59 Å². The Hall–Kier alpha value is -3.11. The van der Waals surface area contributed by atoms with E-state index in [2.05, 4.69) is 0 Å². The summed E-state index contributed by atoms with van der Waals surface area (Å²) in [5, 5.41) is 2.59. The van der Waals surface area contributed by atoms with Gasteiger partial charge in [0.25, 0.3) is 0 Å². The SMILES string of the molecule is O=C(Oc1ccc2ccccc2c1)c1cc2cc(CCl)ccc2oc1=O. The Kier molecular flexibility index (Phi) is 4.19. The number of ether oxygens (including phenoxy) is 1. The lowest BCUT2D eigenvalue weighted by Gasteiger charge is -2.06. The summed E-state index contributed by atoms with van der Waals surface area (Å²) < 4.78 is 10.6. The van der Waals surface area contributed by atoms with Crippen molar-refractivity contribution in [1.29, 1.82) is 0 Å². The van der Waals surface area contributed by atoms with Gasteiger partial charge in [-0.1, -0.05) is 36.4 Å². The van der Waals surface area contributed by atoms with Gasteiger partial charge in [0, 0.05) is 11.3 Å². The van der Waals surface area contributed by atoms with Crippen LogP contribution in [0.15, 0.2) is 75.9 Å². The third-order valence-electron chi connectivity index (χ3n) is 4.10. The molecule has 1 aromatic heterocycles. The van der Waals surface area contributed by atoms with Gasteiger partial charge in [0.15, 0.2) is 0 Å². The van der Waals surface area contributed by atoms with Crippen LogP contribution < -0.4 is 10.4 Å². The summed E-state index contributed by atoms with van der Waals surface area (Å²) in [4.78, 5) is 24.6. The van der Waals surface area contributed by atoms with Gasteiger partial charge in [-0.05, 0) is 46.7 Å². The molecule has 0 amide bonds. The van der Waals surface area contributed by atoms with Gasteiger partial charge in [0.05, 0.1) is 0 Å². The van der Waals surface area contributed by atoms with Crippen molar-refractivity contribution in [2.24, 2.45) is 0 Å². The molecule has 0 fully saturated rings. The predicted molar refractivity (Wildman–Crippen MR) is 101 cm³/mol. The third kappa shape index (κ3) is 3.07. The average molecular weight is 365 g/mol. The maximum atomic E-state index is 12.5. The van der Waals surface area contributed by atoms with Crippen LogP contribution in [0.3, 0.4) is 0 Å². The molecule has 128 valence electrons. The molecule has 4 nitrogen and oxygen atoms in total. The fourth-order valence-corrected chi connectivity index (χ4v) is 2.96. The highest BCUT2D eigenvalue weighted by Gasteiger charge is 2.16. The van der Waals surface area contributed by atoms with E-state index in [0.717, 1.165) is 16.3 Å². The Labute approximate surface area is 153 Å². The van der Waals surface area contributed by atoms with Crippen molar-refractivity contribution in [2.45, 2.75) is 5.88 Å². The van der Waals surface area contributed by atoms with Crippen molar-refractivity contribution < 1.29 is 13.9 Å². The molecule has 0 aliphatic carbocycles. The van der Waals surface area contributed by atoms with Crippen LogP contribution in [0.2, 0.25) is 0 Å². The smallest absolute Gasteiger partial charge is 0.351 e. The predicted octanol–water partition coefficient (Wildman–Crippen LogP) is 4.90. The summed E-state index contributed by atoms with van der Waals surface area (Å²) in [5.41, 5.74) is 0.368. The second-order valence-corrected chi connectivity index (χ2v) is 6.12. The second kappa shape index (κ2) is 6.65. The maximum absolute atomic E-state index is 12.5. The van der Waals surface area contributed by atoms with Gasteiger partial charge in [-0.15, -0.1) is 11.6 Å². The van der Waals surface area contributed by atoms with Crippen LogP contribution in [0, 0.1) is 0 Å². The van der Waals surface area contributed by atoms with E-state index in [1.54, 1.807) is 30.3 Å². The molecule has 26 heavy (non-hydrogen) atoms. The first-order valence-corrected chi connectivity index (χ1v) is 8.51. The van der Waals surface area contributed by atoms with E-state index in [4.69, 9.17) is 20.8 Å². The summed E-state index contributed by atoms with van der Waals surface area (Å²) >= 11 is 5.83. The summed E-state index contributed by atoms with van der Waals surface area (Å²) in [6.07, 6.45) is 0. The van der Waals surface area contributed by atoms with Crippen molar-refractivity contribution in [3.8, 4) is 5.75 Å². The zero-order chi connectivity index (χ0) is 18.1. The van der Waals surface area contributed by atoms with Gasteiger partial charge in [-0.2, -0.15) is 0 Å². The minimum absolute atomic E-state index is 0.155. The monoisotopic (exact) mass is 364 g/mol. The van der Waals surface area contributed by atoms with E-state index in [1.807, 2.05) is 30.3 Å². The molecule has 4 aromatic rings. The van der Waals surface area contributed by atoms with Crippen molar-refractivity contribution in [3.63, 3.8) is 0 Å². The summed E-state index contributed by atoms with van der Waals surface area (Å²) in [6, 6.07) is 19.7. The summed E-state index contributed by atoms with van der Waals surface area (Å²) in [6.45, 7) is 0. The quantitative estimate of drug-likeness (QED) is 0.224. The minimum atomic E-state index is -0.757. The van der Waals surface area contributed by atoms with Crippen LogP contribution in [0.1, 0.15) is 15.9 Å². The molecule has 0 N–H and O–H groups in total. The number of esters is 1. The molecule has 0 unspecified atom stereocenters. The molecule has 0 spiro atoms. The maximum Gasteiger partial charge on any atom is 0.351 e. The molecule has 0 bridgehead atoms. The molecule has 0 aliphatic rings. The minimum Gasteiger partial charge on any atom is -0.423 e. The molecular formula is C21H13ClO4. The van der Waals surface area contributed by atoms with Gasteiger partial charge in [-0.25, -0.2) is 9.59 Å². The van der Waals surface area contributed by atoms with Crippen LogP contribution in [-0.2, 0) is 5.88 Å². The highest BCUT2D eigenvalue weighted by atomic mass is 35.5. The number of halogens is 1. The fourth-order valence-electron chi connectivity index (χ4n) is 2.79. The average Bonchev–Trinajstić information content (AvgIpc) is 2.67. The Morgan fingerprint density at radius 3 is 2.54 bits per heavy atom. The van der Waals surface area contributed by atoms with Crippen LogP contribution in [0.25, 0.3) is 21.7 Å². The molecular weight excluding hydrogens is 352 g/mol. The van der Waals surface area contributed by atoms with Gasteiger partial charge in [-0.3, -0.25) is 0 Å². The fraction of sp³-hybridized carbons (Fsp3) is 0.0476. The number of carbonyl (C=O) groups excluding carboxylic acids is 1. The Morgan fingerprint density at radius 2 is 1.73 bits per heavy atom. The molecule has 1 heterocycles. The molecule has 0 radical (unpaired) electrons. The highest BCUT2D eigenvalue weighted by Crippen LogP contribution is 2.22. The summed E-state index contributed by atoms with van der Waals surface area (Å²) in [7, 11) is 0. The molecule has 4 rings (SSSR count). The van der Waals surface area contributed by atoms with Crippen LogP contribution >= 0.6 is 11.6 Å². The van der Waals surface area contributed by atoms with E-state index < -0.39 is 11.6 Å². The van der Waals surface area contributed by atoms with E-state index >= 15 is 0 Å². The number of fused-ring (bicyclic) bond motifs is 2. The normalized spacial score (nSPS) is 11.0. The van der Waals surface area contributed by atoms with Crippen molar-refractivity contribution >= 4 is 39.3 Å². The van der Waals surface area contributed by atoms with Crippen LogP contribution in [0.5, 0.6) is 5.75 Å².